The molecule has 0 atom stereocenters. The third-order valence-corrected chi connectivity index (χ3v) is 4.14. The first-order valence-electron chi connectivity index (χ1n) is 7.20. The molecule has 110 valence electrons. The Labute approximate surface area is 125 Å². The van der Waals surface area contributed by atoms with Gasteiger partial charge in [0.1, 0.15) is 11.5 Å². The topological polar surface area (TPSA) is 44.5 Å². The van der Waals surface area contributed by atoms with E-state index in [1.165, 1.54) is 11.1 Å². The minimum Gasteiger partial charge on any atom is -0.497 e. The molecule has 3 rings (SSSR count). The van der Waals surface area contributed by atoms with Gasteiger partial charge in [-0.3, -0.25) is 0 Å². The summed E-state index contributed by atoms with van der Waals surface area (Å²) in [5.41, 5.74) is 10.6. The van der Waals surface area contributed by atoms with E-state index in [1.54, 1.807) is 7.11 Å². The standard InChI is InChI=1S/C18H21NO2/c1-18(2)11-21-17-7-4-12(9-16(17)18)15-6-5-14(20-3)8-13(15)10-19/h4-9H,10-11,19H2,1-3H3. The number of hydrogen-bond acceptors (Lipinski definition) is 3. The molecule has 2 N–H and O–H groups in total. The molecule has 2 aromatic rings. The molecule has 0 spiro atoms. The Morgan fingerprint density at radius 3 is 2.71 bits per heavy atom. The molecule has 0 aromatic heterocycles. The van der Waals surface area contributed by atoms with E-state index in [0.29, 0.717) is 6.54 Å². The minimum atomic E-state index is 0.0562. The van der Waals surface area contributed by atoms with Crippen LogP contribution in [0.1, 0.15) is 25.0 Å². The van der Waals surface area contributed by atoms with Crippen molar-refractivity contribution in [3.63, 3.8) is 0 Å². The lowest BCUT2D eigenvalue weighted by molar-refractivity contribution is 0.291. The number of benzene rings is 2. The van der Waals surface area contributed by atoms with Crippen molar-refractivity contribution in [3.8, 4) is 22.6 Å². The maximum Gasteiger partial charge on any atom is 0.123 e. The van der Waals surface area contributed by atoms with E-state index >= 15 is 0 Å². The number of nitrogens with two attached hydrogens (primary N) is 1. The lowest BCUT2D eigenvalue weighted by Crippen LogP contribution is -2.18. The SMILES string of the molecule is COc1ccc(-c2ccc3c(c2)C(C)(C)CO3)c(CN)c1. The van der Waals surface area contributed by atoms with E-state index in [4.69, 9.17) is 15.2 Å². The van der Waals surface area contributed by atoms with Crippen LogP contribution in [0.2, 0.25) is 0 Å². The van der Waals surface area contributed by atoms with Gasteiger partial charge >= 0.3 is 0 Å². The second-order valence-corrected chi connectivity index (χ2v) is 6.11. The molecule has 21 heavy (non-hydrogen) atoms. The molecule has 0 radical (unpaired) electrons. The van der Waals surface area contributed by atoms with Crippen molar-refractivity contribution < 1.29 is 9.47 Å². The van der Waals surface area contributed by atoms with Crippen LogP contribution in [-0.2, 0) is 12.0 Å². The molecule has 1 aliphatic rings. The lowest BCUT2D eigenvalue weighted by Gasteiger charge is -2.17. The third kappa shape index (κ3) is 2.38. The molecule has 0 unspecified atom stereocenters. The molecule has 3 heteroatoms. The van der Waals surface area contributed by atoms with Gasteiger partial charge in [0.2, 0.25) is 0 Å². The molecular weight excluding hydrogens is 262 g/mol. The van der Waals surface area contributed by atoms with Crippen molar-refractivity contribution in [2.45, 2.75) is 25.8 Å². The zero-order valence-electron chi connectivity index (χ0n) is 12.8. The summed E-state index contributed by atoms with van der Waals surface area (Å²) >= 11 is 0. The van der Waals surface area contributed by atoms with Crippen LogP contribution in [0.4, 0.5) is 0 Å². The van der Waals surface area contributed by atoms with E-state index in [0.717, 1.165) is 29.2 Å². The summed E-state index contributed by atoms with van der Waals surface area (Å²) in [4.78, 5) is 0. The fourth-order valence-corrected chi connectivity index (χ4v) is 2.84. The second kappa shape index (κ2) is 5.08. The fourth-order valence-electron chi connectivity index (χ4n) is 2.84. The Morgan fingerprint density at radius 1 is 1.19 bits per heavy atom. The molecule has 1 aliphatic heterocycles. The maximum absolute atomic E-state index is 5.90. The highest BCUT2D eigenvalue weighted by molar-refractivity contribution is 5.71. The molecule has 0 saturated heterocycles. The Hall–Kier alpha value is -2.00. The van der Waals surface area contributed by atoms with Crippen LogP contribution in [0.15, 0.2) is 36.4 Å². The third-order valence-electron chi connectivity index (χ3n) is 4.14. The average Bonchev–Trinajstić information content (AvgIpc) is 2.81. The summed E-state index contributed by atoms with van der Waals surface area (Å²) < 4.78 is 11.0. The fraction of sp³-hybridized carbons (Fsp3) is 0.333. The summed E-state index contributed by atoms with van der Waals surface area (Å²) in [6.07, 6.45) is 0. The van der Waals surface area contributed by atoms with Crippen LogP contribution >= 0.6 is 0 Å². The molecular formula is C18H21NO2. The minimum absolute atomic E-state index is 0.0562. The predicted octanol–water partition coefficient (Wildman–Crippen LogP) is 3.49. The number of methoxy groups -OCH3 is 1. The van der Waals surface area contributed by atoms with Crippen LogP contribution in [0.25, 0.3) is 11.1 Å². The monoisotopic (exact) mass is 283 g/mol. The van der Waals surface area contributed by atoms with Crippen molar-refractivity contribution in [1.29, 1.82) is 0 Å². The Bertz CT molecular complexity index is 677. The van der Waals surface area contributed by atoms with E-state index in [1.807, 2.05) is 12.1 Å². The quantitative estimate of drug-likeness (QED) is 0.937. The van der Waals surface area contributed by atoms with Gasteiger partial charge in [-0.2, -0.15) is 0 Å². The molecule has 1 heterocycles. The number of fused-ring (bicyclic) bond motifs is 1. The van der Waals surface area contributed by atoms with Gasteiger partial charge in [0.15, 0.2) is 0 Å². The molecule has 2 aromatic carbocycles. The zero-order valence-corrected chi connectivity index (χ0v) is 12.8. The van der Waals surface area contributed by atoms with Crippen LogP contribution in [0.5, 0.6) is 11.5 Å². The van der Waals surface area contributed by atoms with Crippen molar-refractivity contribution in [2.24, 2.45) is 5.73 Å². The van der Waals surface area contributed by atoms with Crippen LogP contribution in [-0.4, -0.2) is 13.7 Å². The highest BCUT2D eigenvalue weighted by atomic mass is 16.5. The smallest absolute Gasteiger partial charge is 0.123 e. The largest absolute Gasteiger partial charge is 0.497 e. The van der Waals surface area contributed by atoms with E-state index < -0.39 is 0 Å². The van der Waals surface area contributed by atoms with Gasteiger partial charge in [-0.15, -0.1) is 0 Å². The average molecular weight is 283 g/mol. The van der Waals surface area contributed by atoms with E-state index in [2.05, 4.69) is 38.1 Å². The normalized spacial score (nSPS) is 15.4. The molecule has 0 bridgehead atoms. The second-order valence-electron chi connectivity index (χ2n) is 6.11. The Balaban J connectivity index is 2.10. The summed E-state index contributed by atoms with van der Waals surface area (Å²) in [7, 11) is 1.67. The van der Waals surface area contributed by atoms with Crippen molar-refractivity contribution in [2.75, 3.05) is 13.7 Å². The van der Waals surface area contributed by atoms with Gasteiger partial charge in [0.25, 0.3) is 0 Å². The summed E-state index contributed by atoms with van der Waals surface area (Å²) in [5.74, 6) is 1.83. The summed E-state index contributed by atoms with van der Waals surface area (Å²) in [6.45, 7) is 5.64. The van der Waals surface area contributed by atoms with E-state index in [-0.39, 0.29) is 5.41 Å². The van der Waals surface area contributed by atoms with Gasteiger partial charge in [-0.25, -0.2) is 0 Å². The Kier molecular flexibility index (Phi) is 3.38. The highest BCUT2D eigenvalue weighted by Gasteiger charge is 2.31. The first-order valence-corrected chi connectivity index (χ1v) is 7.20. The Morgan fingerprint density at radius 2 is 2.00 bits per heavy atom. The van der Waals surface area contributed by atoms with Crippen molar-refractivity contribution in [3.05, 3.63) is 47.5 Å². The molecule has 0 saturated carbocycles. The van der Waals surface area contributed by atoms with Gasteiger partial charge in [0.05, 0.1) is 13.7 Å². The molecule has 0 fully saturated rings. The van der Waals surface area contributed by atoms with Crippen LogP contribution in [0.3, 0.4) is 0 Å². The number of rotatable bonds is 3. The number of hydrogen-bond donors (Lipinski definition) is 1. The zero-order chi connectivity index (χ0) is 15.0. The first-order chi connectivity index (χ1) is 10.0. The van der Waals surface area contributed by atoms with E-state index in [9.17, 15) is 0 Å². The first kappa shape index (κ1) is 14.0. The molecule has 0 amide bonds. The van der Waals surface area contributed by atoms with Gasteiger partial charge in [-0.1, -0.05) is 26.0 Å². The van der Waals surface area contributed by atoms with Crippen LogP contribution in [0, 0.1) is 0 Å². The van der Waals surface area contributed by atoms with Gasteiger partial charge in [-0.05, 0) is 41.0 Å². The predicted molar refractivity (Wildman–Crippen MR) is 84.8 cm³/mol. The number of ether oxygens (including phenoxy) is 2. The van der Waals surface area contributed by atoms with Crippen LogP contribution < -0.4 is 15.2 Å². The van der Waals surface area contributed by atoms with Crippen molar-refractivity contribution >= 4 is 0 Å². The summed E-state index contributed by atoms with van der Waals surface area (Å²) in [6, 6.07) is 12.4. The summed E-state index contributed by atoms with van der Waals surface area (Å²) in [5, 5.41) is 0. The van der Waals surface area contributed by atoms with Gasteiger partial charge in [0, 0.05) is 17.5 Å². The maximum atomic E-state index is 5.90. The van der Waals surface area contributed by atoms with Gasteiger partial charge < -0.3 is 15.2 Å². The highest BCUT2D eigenvalue weighted by Crippen LogP contribution is 2.41. The molecule has 3 nitrogen and oxygen atoms in total. The lowest BCUT2D eigenvalue weighted by atomic mass is 9.85. The van der Waals surface area contributed by atoms with Crippen molar-refractivity contribution in [1.82, 2.24) is 0 Å². The molecule has 0 aliphatic carbocycles.